The van der Waals surface area contributed by atoms with Crippen LogP contribution in [-0.4, -0.2) is 98.9 Å². The lowest BCUT2D eigenvalue weighted by Crippen LogP contribution is -2.51. The number of nitrogen functional groups attached to an aromatic ring is 1. The molecule has 3 aromatic rings. The Morgan fingerprint density at radius 2 is 1.78 bits per heavy atom. The van der Waals surface area contributed by atoms with Crippen molar-refractivity contribution in [3.8, 4) is 0 Å². The first-order valence-corrected chi connectivity index (χ1v) is 18.4. The van der Waals surface area contributed by atoms with E-state index in [-0.39, 0.29) is 17.0 Å². The zero-order valence-corrected chi connectivity index (χ0v) is 27.6. The van der Waals surface area contributed by atoms with Gasteiger partial charge in [-0.05, 0) is 34.8 Å². The Kier molecular flexibility index (Phi) is 10.7. The van der Waals surface area contributed by atoms with Gasteiger partial charge in [0.1, 0.15) is 36.3 Å². The van der Waals surface area contributed by atoms with Crippen LogP contribution >= 0.6 is 46.1 Å². The second-order valence-corrected chi connectivity index (χ2v) is 15.1. The maximum absolute atomic E-state index is 12.9. The van der Waals surface area contributed by atoms with E-state index in [0.29, 0.717) is 0 Å². The first-order valence-electron chi connectivity index (χ1n) is 12.8. The molecule has 254 valence electrons. The average Bonchev–Trinajstić information content (AvgIpc) is 3.59. The molecule has 1 unspecified atom stereocenters. The smallest absolute Gasteiger partial charge is 0.481 e. The number of fused-ring (bicyclic) bond motifs is 1. The summed E-state index contributed by atoms with van der Waals surface area (Å²) in [7, 11) is -16.3. The fourth-order valence-electron chi connectivity index (χ4n) is 4.84. The highest BCUT2D eigenvalue weighted by Crippen LogP contribution is 2.58. The second-order valence-electron chi connectivity index (χ2n) is 9.83. The van der Waals surface area contributed by atoms with Gasteiger partial charge in [-0.3, -0.25) is 13.6 Å². The van der Waals surface area contributed by atoms with Gasteiger partial charge >= 0.3 is 23.5 Å². The molecule has 0 bridgehead atoms. The molecule has 5 heterocycles. The molecule has 5 rings (SSSR count). The zero-order valence-electron chi connectivity index (χ0n) is 22.8. The van der Waals surface area contributed by atoms with Crippen molar-refractivity contribution in [2.75, 3.05) is 18.9 Å². The highest BCUT2D eigenvalue weighted by Gasteiger charge is 2.52. The van der Waals surface area contributed by atoms with Crippen molar-refractivity contribution in [1.82, 2.24) is 19.5 Å². The summed E-state index contributed by atoms with van der Waals surface area (Å²) in [5.74, 6) is -0.0576. The van der Waals surface area contributed by atoms with E-state index < -0.39 is 85.8 Å². The molecule has 0 saturated carbocycles. The Morgan fingerprint density at radius 3 is 2.46 bits per heavy atom. The minimum absolute atomic E-state index is 0.0101. The van der Waals surface area contributed by atoms with E-state index in [1.165, 1.54) is 4.57 Å². The number of hydrogen-bond donors (Lipinski definition) is 7. The highest BCUT2D eigenvalue weighted by atomic mass is 127. The third kappa shape index (κ3) is 8.33. The van der Waals surface area contributed by atoms with Crippen molar-refractivity contribution >= 4 is 63.0 Å². The summed E-state index contributed by atoms with van der Waals surface area (Å²) in [5.41, 5.74) is 5.91. The average molecular weight is 826 g/mol. The van der Waals surface area contributed by atoms with Crippen LogP contribution in [0.25, 0.3) is 11.2 Å². The SMILES string of the molecule is Nc1ncnc2c1ncn2[C@@H]1O[C@H](COP(=O)(O)OP(=O)(O)O)[C@@H](OC[C@H]2O[C@@H]([n+]3cccc(I)c3)[C@H]([O-])[C@@H]2O)[C@H]1OP(=O)(O)O. The van der Waals surface area contributed by atoms with Gasteiger partial charge in [-0.15, -0.1) is 0 Å². The van der Waals surface area contributed by atoms with Gasteiger partial charge in [-0.1, -0.05) is 0 Å². The van der Waals surface area contributed by atoms with Crippen LogP contribution in [0.4, 0.5) is 5.82 Å². The van der Waals surface area contributed by atoms with Crippen molar-refractivity contribution in [3.63, 3.8) is 0 Å². The number of nitrogens with two attached hydrogens (primary N) is 1. The minimum Gasteiger partial charge on any atom is -0.843 e. The predicted octanol–water partition coefficient (Wildman–Crippen LogP) is -2.03. The molecule has 0 aromatic carbocycles. The molecule has 0 amide bonds. The van der Waals surface area contributed by atoms with Gasteiger partial charge in [0, 0.05) is 6.07 Å². The number of anilines is 1. The molecule has 46 heavy (non-hydrogen) atoms. The molecule has 2 aliphatic rings. The molecule has 0 aliphatic carbocycles. The van der Waals surface area contributed by atoms with Crippen LogP contribution < -0.4 is 15.4 Å². The van der Waals surface area contributed by atoms with Gasteiger partial charge in [0.15, 0.2) is 30.1 Å². The van der Waals surface area contributed by atoms with Crippen LogP contribution in [0.3, 0.4) is 0 Å². The van der Waals surface area contributed by atoms with E-state index in [9.17, 15) is 38.6 Å². The van der Waals surface area contributed by atoms with Crippen LogP contribution in [0, 0.1) is 3.57 Å². The number of imidazole rings is 1. The van der Waals surface area contributed by atoms with E-state index in [2.05, 4.69) is 19.3 Å². The lowest BCUT2D eigenvalue weighted by Gasteiger charge is -2.27. The van der Waals surface area contributed by atoms with Crippen LogP contribution in [0.1, 0.15) is 12.5 Å². The highest BCUT2D eigenvalue weighted by molar-refractivity contribution is 14.1. The minimum atomic E-state index is -5.51. The molecule has 26 heteroatoms. The quantitative estimate of drug-likeness (QED) is 0.0588. The van der Waals surface area contributed by atoms with E-state index in [0.717, 1.165) is 20.8 Å². The molecule has 2 aliphatic heterocycles. The summed E-state index contributed by atoms with van der Waals surface area (Å²) >= 11 is 2.02. The third-order valence-electron chi connectivity index (χ3n) is 6.66. The summed E-state index contributed by atoms with van der Waals surface area (Å²) in [4.78, 5) is 59.2. The van der Waals surface area contributed by atoms with Gasteiger partial charge < -0.3 is 54.6 Å². The molecule has 9 atom stereocenters. The Morgan fingerprint density at radius 1 is 1.04 bits per heavy atom. The maximum Gasteiger partial charge on any atom is 0.481 e. The summed E-state index contributed by atoms with van der Waals surface area (Å²) in [6.45, 7) is -1.63. The number of aromatic nitrogens is 5. The van der Waals surface area contributed by atoms with Crippen LogP contribution in [0.5, 0.6) is 0 Å². The monoisotopic (exact) mass is 826 g/mol. The lowest BCUT2D eigenvalue weighted by molar-refractivity contribution is -0.782. The molecule has 8 N–H and O–H groups in total. The Balaban J connectivity index is 1.44. The molecule has 2 saturated heterocycles. The molecule has 2 fully saturated rings. The van der Waals surface area contributed by atoms with Crippen molar-refractivity contribution < 1.29 is 80.5 Å². The second kappa shape index (κ2) is 13.7. The molecule has 0 radical (unpaired) electrons. The largest absolute Gasteiger partial charge is 0.843 e. The Labute approximate surface area is 271 Å². The van der Waals surface area contributed by atoms with Gasteiger partial charge in [0.05, 0.1) is 29.2 Å². The number of nitrogens with zero attached hydrogens (tertiary/aromatic N) is 5. The topological polar surface area (TPSA) is 325 Å². The number of ether oxygens (including phenoxy) is 3. The molecule has 22 nitrogen and oxygen atoms in total. The van der Waals surface area contributed by atoms with Gasteiger partial charge in [0.2, 0.25) is 0 Å². The zero-order chi connectivity index (χ0) is 33.6. The first-order chi connectivity index (χ1) is 21.4. The standard InChI is InChI=1S/C20H26IN6O16P3/c21-9-2-1-3-26(4-9)19-14(29)13(28)10(40-19)5-38-15-11(6-39-46(36,37)43-45(33,34)35)41-20(16(15)42-44(30,31)32)27-8-25-12-17(22)23-7-24-18(12)27/h1-4,7-8,10-11,13-16,19-20,28H,5-6H2,(H,36,37)(H2,22,23,24)(H2,30,31,32)(H2,33,34,35)/t10-,11-,13-,14-,15-,16-,19-,20-/m1/s1. The summed E-state index contributed by atoms with van der Waals surface area (Å²) in [6.07, 6.45) is -7.01. The van der Waals surface area contributed by atoms with E-state index in [4.69, 9.17) is 38.8 Å². The number of hydrogen-bond acceptors (Lipinski definition) is 15. The first kappa shape index (κ1) is 35.7. The van der Waals surface area contributed by atoms with Crippen molar-refractivity contribution in [1.29, 1.82) is 0 Å². The van der Waals surface area contributed by atoms with Crippen molar-refractivity contribution in [3.05, 3.63) is 40.8 Å². The molecular weight excluding hydrogens is 800 g/mol. The fourth-order valence-corrected chi connectivity index (χ4v) is 7.51. The summed E-state index contributed by atoms with van der Waals surface area (Å²) in [5, 5.41) is 23.6. The number of aliphatic hydroxyl groups is 1. The van der Waals surface area contributed by atoms with Crippen molar-refractivity contribution in [2.24, 2.45) is 0 Å². The number of pyridine rings is 1. The number of halogens is 1. The summed E-state index contributed by atoms with van der Waals surface area (Å²) in [6, 6.07) is 3.43. The third-order valence-corrected chi connectivity index (χ3v) is 9.97. The Hall–Kier alpha value is -1.60. The molecular formula is C20H26IN6O16P3. The normalized spacial score (nSPS) is 30.2. The van der Waals surface area contributed by atoms with Crippen LogP contribution in [0.2, 0.25) is 0 Å². The van der Waals surface area contributed by atoms with Crippen LogP contribution in [0.15, 0.2) is 37.2 Å². The number of phosphoric acid groups is 3. The van der Waals surface area contributed by atoms with Crippen molar-refractivity contribution in [2.45, 2.75) is 49.1 Å². The van der Waals surface area contributed by atoms with Gasteiger partial charge in [-0.25, -0.2) is 28.6 Å². The lowest BCUT2D eigenvalue weighted by atomic mass is 10.1. The maximum atomic E-state index is 12.9. The number of rotatable bonds is 12. The van der Waals surface area contributed by atoms with E-state index >= 15 is 0 Å². The summed E-state index contributed by atoms with van der Waals surface area (Å²) < 4.78 is 69.8. The molecule has 0 spiro atoms. The van der Waals surface area contributed by atoms with Gasteiger partial charge in [-0.2, -0.15) is 8.88 Å². The van der Waals surface area contributed by atoms with Gasteiger partial charge in [0.25, 0.3) is 6.23 Å². The number of aliphatic hydroxyl groups excluding tert-OH is 1. The fraction of sp³-hybridized carbons (Fsp3) is 0.500. The Bertz CT molecular complexity index is 1710. The van der Waals surface area contributed by atoms with E-state index in [1.54, 1.807) is 24.5 Å². The van der Waals surface area contributed by atoms with E-state index in [1.807, 2.05) is 22.6 Å². The van der Waals surface area contributed by atoms with Crippen LogP contribution in [-0.2, 0) is 41.3 Å². The number of phosphoric ester groups is 2. The predicted molar refractivity (Wildman–Crippen MR) is 152 cm³/mol. The molecule has 3 aromatic heterocycles.